The molecule has 0 atom stereocenters. The van der Waals surface area contributed by atoms with Crippen LogP contribution in [0.25, 0.3) is 0 Å². The van der Waals surface area contributed by atoms with Gasteiger partial charge in [-0.25, -0.2) is 0 Å². The minimum Gasteiger partial charge on any atom is -0.469 e. The van der Waals surface area contributed by atoms with Crippen LogP contribution in [0.4, 0.5) is 0 Å². The smallest absolute Gasteiger partial charge is 0.281 e. The Morgan fingerprint density at radius 3 is 2.52 bits per heavy atom. The van der Waals surface area contributed by atoms with Gasteiger partial charge < -0.3 is 9.73 Å². The van der Waals surface area contributed by atoms with Crippen molar-refractivity contribution in [1.82, 2.24) is 13.9 Å². The highest BCUT2D eigenvalue weighted by molar-refractivity contribution is 7.86. The molecular formula is C14H27N3O3S. The van der Waals surface area contributed by atoms with Gasteiger partial charge in [0.25, 0.3) is 10.2 Å². The summed E-state index contributed by atoms with van der Waals surface area (Å²) in [6.45, 7) is 6.57. The molecule has 0 radical (unpaired) electrons. The number of aryl methyl sites for hydroxylation is 1. The zero-order chi connectivity index (χ0) is 15.9. The Labute approximate surface area is 128 Å². The van der Waals surface area contributed by atoms with E-state index in [1.54, 1.807) is 26.4 Å². The van der Waals surface area contributed by atoms with Crippen LogP contribution >= 0.6 is 0 Å². The van der Waals surface area contributed by atoms with Crippen LogP contribution in [0.5, 0.6) is 0 Å². The van der Waals surface area contributed by atoms with Crippen molar-refractivity contribution in [2.24, 2.45) is 0 Å². The van der Waals surface area contributed by atoms with E-state index >= 15 is 0 Å². The molecule has 0 aromatic carbocycles. The first-order valence-corrected chi connectivity index (χ1v) is 8.70. The lowest BCUT2D eigenvalue weighted by molar-refractivity contribution is 0.382. The van der Waals surface area contributed by atoms with E-state index in [1.165, 1.54) is 8.61 Å². The molecule has 122 valence electrons. The van der Waals surface area contributed by atoms with Gasteiger partial charge in [-0.2, -0.15) is 17.0 Å². The molecule has 1 aromatic rings. The fourth-order valence-electron chi connectivity index (χ4n) is 1.98. The van der Waals surface area contributed by atoms with Gasteiger partial charge in [-0.05, 0) is 38.9 Å². The predicted molar refractivity (Wildman–Crippen MR) is 84.2 cm³/mol. The minimum atomic E-state index is -3.43. The van der Waals surface area contributed by atoms with Gasteiger partial charge in [-0.15, -0.1) is 0 Å². The molecule has 0 fully saturated rings. The zero-order valence-electron chi connectivity index (χ0n) is 13.4. The highest BCUT2D eigenvalue weighted by atomic mass is 32.2. The van der Waals surface area contributed by atoms with Crippen LogP contribution in [-0.2, 0) is 16.8 Å². The zero-order valence-corrected chi connectivity index (χ0v) is 14.2. The quantitative estimate of drug-likeness (QED) is 0.666. The topological polar surface area (TPSA) is 65.8 Å². The maximum Gasteiger partial charge on any atom is 0.281 e. The second kappa shape index (κ2) is 8.53. The molecule has 0 unspecified atom stereocenters. The van der Waals surface area contributed by atoms with Crippen LogP contribution in [0.2, 0.25) is 0 Å². The molecule has 21 heavy (non-hydrogen) atoms. The summed E-state index contributed by atoms with van der Waals surface area (Å²) >= 11 is 0. The van der Waals surface area contributed by atoms with E-state index in [2.05, 4.69) is 12.2 Å². The number of furan rings is 1. The van der Waals surface area contributed by atoms with Gasteiger partial charge in [-0.1, -0.05) is 6.92 Å². The fraction of sp³-hybridized carbons (Fsp3) is 0.714. The molecule has 1 heterocycles. The van der Waals surface area contributed by atoms with Crippen LogP contribution in [0, 0.1) is 6.92 Å². The maximum atomic E-state index is 12.4. The van der Waals surface area contributed by atoms with Crippen molar-refractivity contribution in [3.05, 3.63) is 23.7 Å². The standard InChI is InChI=1S/C14H27N3O3S/c1-5-8-15-9-6-10-16(3)21(18,19)17(4)12-14-7-11-20-13(14)2/h7,11,15H,5-6,8-10,12H2,1-4H3. The van der Waals surface area contributed by atoms with Crippen LogP contribution in [0.15, 0.2) is 16.7 Å². The molecule has 1 N–H and O–H groups in total. The van der Waals surface area contributed by atoms with Crippen LogP contribution < -0.4 is 5.32 Å². The van der Waals surface area contributed by atoms with Crippen molar-refractivity contribution in [1.29, 1.82) is 0 Å². The first kappa shape index (κ1) is 18.2. The van der Waals surface area contributed by atoms with Crippen molar-refractivity contribution in [3.63, 3.8) is 0 Å². The van der Waals surface area contributed by atoms with E-state index in [4.69, 9.17) is 4.42 Å². The van der Waals surface area contributed by atoms with E-state index in [0.717, 1.165) is 37.3 Å². The average Bonchev–Trinajstić information content (AvgIpc) is 2.83. The first-order chi connectivity index (χ1) is 9.89. The molecule has 7 heteroatoms. The summed E-state index contributed by atoms with van der Waals surface area (Å²) in [5.41, 5.74) is 0.888. The number of rotatable bonds is 10. The highest BCUT2D eigenvalue weighted by Crippen LogP contribution is 2.14. The lowest BCUT2D eigenvalue weighted by atomic mass is 10.3. The third-order valence-corrected chi connectivity index (χ3v) is 5.29. The highest BCUT2D eigenvalue weighted by Gasteiger charge is 2.24. The van der Waals surface area contributed by atoms with Crippen LogP contribution in [0.3, 0.4) is 0 Å². The van der Waals surface area contributed by atoms with Gasteiger partial charge in [0.1, 0.15) is 5.76 Å². The van der Waals surface area contributed by atoms with Gasteiger partial charge in [0.05, 0.1) is 6.26 Å². The molecule has 0 saturated carbocycles. The monoisotopic (exact) mass is 317 g/mol. The Bertz CT molecular complexity index is 513. The summed E-state index contributed by atoms with van der Waals surface area (Å²) in [4.78, 5) is 0. The van der Waals surface area contributed by atoms with Gasteiger partial charge in [-0.3, -0.25) is 0 Å². The average molecular weight is 317 g/mol. The summed E-state index contributed by atoms with van der Waals surface area (Å²) in [6, 6.07) is 1.80. The third-order valence-electron chi connectivity index (χ3n) is 3.40. The SMILES string of the molecule is CCCNCCCN(C)S(=O)(=O)N(C)Cc1ccoc1C. The van der Waals surface area contributed by atoms with Crippen LogP contribution in [-0.4, -0.2) is 50.8 Å². The molecule has 0 bridgehead atoms. The Kier molecular flexibility index (Phi) is 7.37. The lowest BCUT2D eigenvalue weighted by Gasteiger charge is -2.24. The molecular weight excluding hydrogens is 290 g/mol. The summed E-state index contributed by atoms with van der Waals surface area (Å²) in [5.74, 6) is 0.753. The predicted octanol–water partition coefficient (Wildman–Crippen LogP) is 1.59. The Morgan fingerprint density at radius 2 is 1.95 bits per heavy atom. The third kappa shape index (κ3) is 5.43. The Balaban J connectivity index is 2.48. The van der Waals surface area contributed by atoms with Gasteiger partial charge in [0.2, 0.25) is 0 Å². The molecule has 0 aliphatic heterocycles. The molecule has 6 nitrogen and oxygen atoms in total. The molecule has 1 aromatic heterocycles. The number of hydrogen-bond acceptors (Lipinski definition) is 4. The van der Waals surface area contributed by atoms with Crippen molar-refractivity contribution in [2.75, 3.05) is 33.7 Å². The van der Waals surface area contributed by atoms with E-state index in [-0.39, 0.29) is 0 Å². The summed E-state index contributed by atoms with van der Waals surface area (Å²) in [6.07, 6.45) is 3.46. The van der Waals surface area contributed by atoms with Crippen LogP contribution in [0.1, 0.15) is 31.1 Å². The van der Waals surface area contributed by atoms with E-state index < -0.39 is 10.2 Å². The molecule has 0 saturated heterocycles. The Morgan fingerprint density at radius 1 is 1.24 bits per heavy atom. The fourth-order valence-corrected chi connectivity index (χ4v) is 3.12. The lowest BCUT2D eigenvalue weighted by Crippen LogP contribution is -2.40. The van der Waals surface area contributed by atoms with E-state index in [0.29, 0.717) is 13.1 Å². The van der Waals surface area contributed by atoms with E-state index in [1.807, 2.05) is 6.92 Å². The summed E-state index contributed by atoms with van der Waals surface area (Å²) < 4.78 is 32.7. The minimum absolute atomic E-state index is 0.323. The van der Waals surface area contributed by atoms with Gasteiger partial charge in [0, 0.05) is 32.7 Å². The second-order valence-corrected chi connectivity index (χ2v) is 7.33. The first-order valence-electron chi connectivity index (χ1n) is 7.30. The molecule has 1 rings (SSSR count). The Hall–Kier alpha value is -0.890. The summed E-state index contributed by atoms with van der Waals surface area (Å²) in [7, 11) is -0.218. The van der Waals surface area contributed by atoms with Crippen molar-refractivity contribution in [3.8, 4) is 0 Å². The number of hydrogen-bond donors (Lipinski definition) is 1. The van der Waals surface area contributed by atoms with E-state index in [9.17, 15) is 8.42 Å². The maximum absolute atomic E-state index is 12.4. The second-order valence-electron chi connectivity index (χ2n) is 5.19. The molecule has 0 aliphatic rings. The number of nitrogens with zero attached hydrogens (tertiary/aromatic N) is 2. The molecule has 0 amide bonds. The van der Waals surface area contributed by atoms with Crippen molar-refractivity contribution in [2.45, 2.75) is 33.2 Å². The van der Waals surface area contributed by atoms with Gasteiger partial charge >= 0.3 is 0 Å². The molecule has 0 spiro atoms. The van der Waals surface area contributed by atoms with Crippen molar-refractivity contribution >= 4 is 10.2 Å². The van der Waals surface area contributed by atoms with Gasteiger partial charge in [0.15, 0.2) is 0 Å². The summed E-state index contributed by atoms with van der Waals surface area (Å²) in [5, 5.41) is 3.27. The normalized spacial score (nSPS) is 12.5. The van der Waals surface area contributed by atoms with Crippen molar-refractivity contribution < 1.29 is 12.8 Å². The molecule has 0 aliphatic carbocycles. The largest absolute Gasteiger partial charge is 0.469 e. The number of nitrogens with one attached hydrogen (secondary N) is 1.